The minimum absolute atomic E-state index is 0.172. The summed E-state index contributed by atoms with van der Waals surface area (Å²) in [4.78, 5) is 39.3. The third kappa shape index (κ3) is 4.01. The summed E-state index contributed by atoms with van der Waals surface area (Å²) in [6, 6.07) is 16.4. The quantitative estimate of drug-likeness (QED) is 0.708. The summed E-state index contributed by atoms with van der Waals surface area (Å²) < 4.78 is 0. The number of aryl methyl sites for hydroxylation is 1. The second-order valence-corrected chi connectivity index (χ2v) is 7.39. The van der Waals surface area contributed by atoms with Crippen LogP contribution in [0.2, 0.25) is 0 Å². The Morgan fingerprint density at radius 2 is 1.72 bits per heavy atom. The van der Waals surface area contributed by atoms with Crippen LogP contribution in [0.4, 0.5) is 4.79 Å². The summed E-state index contributed by atoms with van der Waals surface area (Å²) in [5.41, 5.74) is 1.73. The summed E-state index contributed by atoms with van der Waals surface area (Å²) in [7, 11) is 0. The molecular formula is C23H27N3O3. The zero-order valence-electron chi connectivity index (χ0n) is 17.1. The number of carbonyl (C=O) groups excluding carboxylic acids is 3. The van der Waals surface area contributed by atoms with E-state index in [1.807, 2.05) is 75.4 Å². The number of urea groups is 1. The van der Waals surface area contributed by atoms with Gasteiger partial charge in [-0.2, -0.15) is 0 Å². The molecule has 0 saturated carbocycles. The summed E-state index contributed by atoms with van der Waals surface area (Å²) in [6.45, 7) is 5.53. The Morgan fingerprint density at radius 1 is 1.07 bits per heavy atom. The van der Waals surface area contributed by atoms with E-state index in [-0.39, 0.29) is 18.5 Å². The summed E-state index contributed by atoms with van der Waals surface area (Å²) in [5, 5.41) is 5.74. The topological polar surface area (TPSA) is 78.5 Å². The van der Waals surface area contributed by atoms with Gasteiger partial charge in [-0.25, -0.2) is 4.79 Å². The molecule has 2 aromatic carbocycles. The lowest BCUT2D eigenvalue weighted by molar-refractivity contribution is -0.135. The molecule has 0 bridgehead atoms. The van der Waals surface area contributed by atoms with E-state index in [4.69, 9.17) is 0 Å². The fraction of sp³-hybridized carbons (Fsp3) is 0.348. The number of nitrogens with one attached hydrogen (secondary N) is 2. The van der Waals surface area contributed by atoms with Crippen LogP contribution in [0.3, 0.4) is 0 Å². The average molecular weight is 393 g/mol. The zero-order valence-corrected chi connectivity index (χ0v) is 17.1. The van der Waals surface area contributed by atoms with Gasteiger partial charge < -0.3 is 10.6 Å². The van der Waals surface area contributed by atoms with Gasteiger partial charge in [0.15, 0.2) is 0 Å². The van der Waals surface area contributed by atoms with Crippen LogP contribution in [0, 0.1) is 6.92 Å². The Morgan fingerprint density at radius 3 is 2.31 bits per heavy atom. The maximum Gasteiger partial charge on any atom is 0.325 e. The summed E-state index contributed by atoms with van der Waals surface area (Å²) >= 11 is 0. The molecule has 3 rings (SSSR count). The minimum Gasteiger partial charge on any atom is -0.348 e. The van der Waals surface area contributed by atoms with E-state index in [1.165, 1.54) is 0 Å². The number of carbonyl (C=O) groups is 3. The summed E-state index contributed by atoms with van der Waals surface area (Å²) in [6.07, 6.45) is 1.11. The van der Waals surface area contributed by atoms with Gasteiger partial charge in [-0.1, -0.05) is 74.0 Å². The Hall–Kier alpha value is -3.15. The molecule has 29 heavy (non-hydrogen) atoms. The molecule has 2 unspecified atom stereocenters. The second-order valence-electron chi connectivity index (χ2n) is 7.39. The van der Waals surface area contributed by atoms with Crippen molar-refractivity contribution < 1.29 is 14.4 Å². The highest BCUT2D eigenvalue weighted by Crippen LogP contribution is 2.32. The minimum atomic E-state index is -1.13. The molecule has 6 nitrogen and oxygen atoms in total. The third-order valence-corrected chi connectivity index (χ3v) is 5.50. The van der Waals surface area contributed by atoms with Crippen LogP contribution >= 0.6 is 0 Å². The molecular weight excluding hydrogens is 366 g/mol. The number of nitrogens with zero attached hydrogens (tertiary/aromatic N) is 1. The Balaban J connectivity index is 1.74. The molecule has 6 heteroatoms. The largest absolute Gasteiger partial charge is 0.348 e. The molecule has 1 heterocycles. The van der Waals surface area contributed by atoms with E-state index >= 15 is 0 Å². The summed E-state index contributed by atoms with van der Waals surface area (Å²) in [5.74, 6) is -0.754. The van der Waals surface area contributed by atoms with E-state index in [0.29, 0.717) is 12.8 Å². The third-order valence-electron chi connectivity index (χ3n) is 5.50. The molecule has 0 spiro atoms. The predicted molar refractivity (Wildman–Crippen MR) is 111 cm³/mol. The lowest BCUT2D eigenvalue weighted by Gasteiger charge is -2.26. The monoisotopic (exact) mass is 393 g/mol. The molecule has 0 radical (unpaired) electrons. The average Bonchev–Trinajstić information content (AvgIpc) is 2.98. The van der Waals surface area contributed by atoms with Crippen LogP contribution < -0.4 is 10.6 Å². The fourth-order valence-electron chi connectivity index (χ4n) is 3.74. The van der Waals surface area contributed by atoms with Crippen LogP contribution in [0.1, 0.15) is 49.4 Å². The highest BCUT2D eigenvalue weighted by atomic mass is 16.2. The number of amides is 4. The van der Waals surface area contributed by atoms with Gasteiger partial charge in [-0.3, -0.25) is 14.5 Å². The van der Waals surface area contributed by atoms with E-state index in [9.17, 15) is 14.4 Å². The first-order valence-corrected chi connectivity index (χ1v) is 9.96. The standard InChI is InChI=1S/C23H27N3O3/c1-4-19(17-13-11-16(3)12-14-17)24-20(27)15-26-21(28)23(5-2,25-22(26)29)18-9-7-6-8-10-18/h6-14,19H,4-5,15H2,1-3H3,(H,24,27)(H,25,29). The van der Waals surface area contributed by atoms with Crippen molar-refractivity contribution in [2.24, 2.45) is 0 Å². The Labute approximate surface area is 171 Å². The van der Waals surface area contributed by atoms with Crippen molar-refractivity contribution in [3.63, 3.8) is 0 Å². The molecule has 1 aliphatic heterocycles. The van der Waals surface area contributed by atoms with E-state index in [1.54, 1.807) is 0 Å². The van der Waals surface area contributed by atoms with Crippen LogP contribution in [0.5, 0.6) is 0 Å². The second kappa shape index (κ2) is 8.47. The van der Waals surface area contributed by atoms with Gasteiger partial charge >= 0.3 is 6.03 Å². The normalized spacial score (nSPS) is 19.8. The van der Waals surface area contributed by atoms with Crippen molar-refractivity contribution in [1.29, 1.82) is 0 Å². The molecule has 0 aromatic heterocycles. The van der Waals surface area contributed by atoms with Gasteiger partial charge in [0, 0.05) is 0 Å². The molecule has 2 N–H and O–H groups in total. The molecule has 1 saturated heterocycles. The molecule has 0 aliphatic carbocycles. The first-order valence-electron chi connectivity index (χ1n) is 9.96. The number of hydrogen-bond donors (Lipinski definition) is 2. The van der Waals surface area contributed by atoms with Crippen LogP contribution in [0.15, 0.2) is 54.6 Å². The Bertz CT molecular complexity index is 895. The lowest BCUT2D eigenvalue weighted by atomic mass is 9.87. The van der Waals surface area contributed by atoms with Crippen LogP contribution in [0.25, 0.3) is 0 Å². The van der Waals surface area contributed by atoms with Gasteiger partial charge in [0.1, 0.15) is 12.1 Å². The maximum absolute atomic E-state index is 13.1. The molecule has 2 aromatic rings. The smallest absolute Gasteiger partial charge is 0.325 e. The van der Waals surface area contributed by atoms with Crippen molar-refractivity contribution in [1.82, 2.24) is 15.5 Å². The SMILES string of the molecule is CCC(NC(=O)CN1C(=O)NC(CC)(c2ccccc2)C1=O)c1ccc(C)cc1. The first-order chi connectivity index (χ1) is 13.9. The van der Waals surface area contributed by atoms with Crippen molar-refractivity contribution >= 4 is 17.8 Å². The van der Waals surface area contributed by atoms with Gasteiger partial charge in [-0.05, 0) is 30.9 Å². The van der Waals surface area contributed by atoms with E-state index in [2.05, 4.69) is 10.6 Å². The van der Waals surface area contributed by atoms with Gasteiger partial charge in [-0.15, -0.1) is 0 Å². The van der Waals surface area contributed by atoms with Crippen molar-refractivity contribution in [2.75, 3.05) is 6.54 Å². The van der Waals surface area contributed by atoms with E-state index < -0.39 is 17.5 Å². The maximum atomic E-state index is 13.1. The highest BCUT2D eigenvalue weighted by Gasteiger charge is 2.51. The molecule has 4 amide bonds. The molecule has 152 valence electrons. The number of benzene rings is 2. The molecule has 2 atom stereocenters. The van der Waals surface area contributed by atoms with E-state index in [0.717, 1.165) is 21.6 Å². The molecule has 1 aliphatic rings. The fourth-order valence-corrected chi connectivity index (χ4v) is 3.74. The van der Waals surface area contributed by atoms with Gasteiger partial charge in [0.2, 0.25) is 5.91 Å². The number of rotatable bonds is 7. The zero-order chi connectivity index (χ0) is 21.0. The van der Waals surface area contributed by atoms with Gasteiger partial charge in [0.05, 0.1) is 6.04 Å². The predicted octanol–water partition coefficient (Wildman–Crippen LogP) is 3.42. The Kier molecular flexibility index (Phi) is 6.01. The lowest BCUT2D eigenvalue weighted by Crippen LogP contribution is -2.45. The van der Waals surface area contributed by atoms with Crippen molar-refractivity contribution in [3.05, 3.63) is 71.3 Å². The van der Waals surface area contributed by atoms with Gasteiger partial charge in [0.25, 0.3) is 5.91 Å². The molecule has 1 fully saturated rings. The number of hydrogen-bond acceptors (Lipinski definition) is 3. The van der Waals surface area contributed by atoms with Crippen molar-refractivity contribution in [3.8, 4) is 0 Å². The highest BCUT2D eigenvalue weighted by molar-refractivity contribution is 6.09. The number of imide groups is 1. The van der Waals surface area contributed by atoms with Crippen molar-refractivity contribution in [2.45, 2.75) is 45.2 Å². The van der Waals surface area contributed by atoms with Crippen LogP contribution in [-0.2, 0) is 15.1 Å². The first kappa shape index (κ1) is 20.6. The van der Waals surface area contributed by atoms with Crippen LogP contribution in [-0.4, -0.2) is 29.3 Å².